The van der Waals surface area contributed by atoms with Gasteiger partial charge < -0.3 is 10.1 Å². The number of nitrogens with one attached hydrogen (secondary N) is 1. The Bertz CT molecular complexity index is 869. The molecule has 2 unspecified atom stereocenters. The fourth-order valence-electron chi connectivity index (χ4n) is 2.39. The Morgan fingerprint density at radius 2 is 1.21 bits per heavy atom. The summed E-state index contributed by atoms with van der Waals surface area (Å²) in [5, 5.41) is 2.75. The summed E-state index contributed by atoms with van der Waals surface area (Å²) in [4.78, 5) is 8.81. The molecule has 0 aliphatic rings. The molecule has 2 nitrogen and oxygen atoms in total. The van der Waals surface area contributed by atoms with Crippen molar-refractivity contribution >= 4 is 6.29 Å². The van der Waals surface area contributed by atoms with Crippen LogP contribution in [0.5, 0.6) is 0 Å². The molecule has 4 heteroatoms. The van der Waals surface area contributed by atoms with E-state index in [0.29, 0.717) is 35.0 Å². The number of carbonyl (C=O) groups excluding carboxylic acids is 1. The highest BCUT2D eigenvalue weighted by Gasteiger charge is 2.12. The fourth-order valence-corrected chi connectivity index (χ4v) is 2.39. The maximum Gasteiger partial charge on any atom is 0.131 e. The molecule has 0 fully saturated rings. The van der Waals surface area contributed by atoms with E-state index >= 15 is 0 Å². The third kappa shape index (κ3) is 25.2. The van der Waals surface area contributed by atoms with Gasteiger partial charge in [0, 0.05) is 11.1 Å². The first kappa shape index (κ1) is 43.2. The average Bonchev–Trinajstić information content (AvgIpc) is 2.89. The van der Waals surface area contributed by atoms with Crippen LogP contribution in [0.3, 0.4) is 0 Å². The number of hydrogen-bond acceptors (Lipinski definition) is 2. The predicted octanol–water partition coefficient (Wildman–Crippen LogP) is 10.9. The first-order valence-electron chi connectivity index (χ1n) is 13.7. The molecule has 0 saturated heterocycles. The minimum atomic E-state index is -0.703. The van der Waals surface area contributed by atoms with Gasteiger partial charge in [-0.15, -0.1) is 0 Å². The van der Waals surface area contributed by atoms with Crippen molar-refractivity contribution in [2.45, 2.75) is 80.6 Å². The first-order valence-corrected chi connectivity index (χ1v) is 13.7. The molecule has 0 aliphatic heterocycles. The monoisotopic (exact) mass is 545 g/mol. The van der Waals surface area contributed by atoms with Gasteiger partial charge in [0.25, 0.3) is 0 Å². The Hall–Kier alpha value is -2.85. The van der Waals surface area contributed by atoms with Gasteiger partial charge in [-0.25, -0.2) is 8.78 Å². The Balaban J connectivity index is -0.000000593. The summed E-state index contributed by atoms with van der Waals surface area (Å²) in [6, 6.07) is 0. The van der Waals surface area contributed by atoms with Gasteiger partial charge in [-0.3, -0.25) is 0 Å². The predicted molar refractivity (Wildman–Crippen MR) is 173 cm³/mol. The van der Waals surface area contributed by atoms with E-state index in [2.05, 4.69) is 79.4 Å². The molecule has 0 radical (unpaired) electrons. The van der Waals surface area contributed by atoms with Gasteiger partial charge in [-0.05, 0) is 69.0 Å². The van der Waals surface area contributed by atoms with Crippen molar-refractivity contribution in [2.24, 2.45) is 11.8 Å². The molecule has 0 rings (SSSR count). The van der Waals surface area contributed by atoms with Crippen molar-refractivity contribution in [1.29, 1.82) is 0 Å². The van der Waals surface area contributed by atoms with E-state index in [0.717, 1.165) is 24.7 Å². The van der Waals surface area contributed by atoms with Crippen molar-refractivity contribution < 1.29 is 13.6 Å². The summed E-state index contributed by atoms with van der Waals surface area (Å²) >= 11 is 0. The standard InChI is InChI=1S/C28H38F2.C3H8.C2H7N.C2H4O/c1-11-19(3)13-14-21(5)22(6)15-16-23(7)24(8)18-28(30)26(10)25(9)27(29)17-20(4)12-2;2*1-3-2;1-2-3/h15-19,21H,4,6-14H2,1-3,5H3;3H2,1-2H3;3H,1-2H3;2H,1H3/b16-15-,27-17+,28-18+;;;. The number of carbonyl (C=O) groups is 1. The maximum atomic E-state index is 14.5. The normalized spacial score (nSPS) is 12.3. The van der Waals surface area contributed by atoms with Crippen LogP contribution in [0.2, 0.25) is 0 Å². The minimum absolute atomic E-state index is 0.115. The topological polar surface area (TPSA) is 29.1 Å². The average molecular weight is 546 g/mol. The third-order valence-electron chi connectivity index (χ3n) is 5.36. The van der Waals surface area contributed by atoms with Crippen LogP contribution in [0.4, 0.5) is 8.78 Å². The molecular weight excluding hydrogens is 488 g/mol. The Morgan fingerprint density at radius 1 is 0.795 bits per heavy atom. The second-order valence-electron chi connectivity index (χ2n) is 9.35. The molecular formula is C35H57F2NO. The molecule has 222 valence electrons. The first-order chi connectivity index (χ1) is 18.2. The lowest BCUT2D eigenvalue weighted by Gasteiger charge is -2.14. The van der Waals surface area contributed by atoms with Crippen LogP contribution < -0.4 is 5.32 Å². The van der Waals surface area contributed by atoms with Crippen LogP contribution in [0.1, 0.15) is 80.6 Å². The maximum absolute atomic E-state index is 14.5. The van der Waals surface area contributed by atoms with Crippen molar-refractivity contribution in [3.63, 3.8) is 0 Å². The highest BCUT2D eigenvalue weighted by molar-refractivity contribution is 5.54. The summed E-state index contributed by atoms with van der Waals surface area (Å²) in [7, 11) is 3.75. The molecule has 0 heterocycles. The second kappa shape index (κ2) is 28.2. The van der Waals surface area contributed by atoms with Gasteiger partial charge in [-0.1, -0.05) is 124 Å². The highest BCUT2D eigenvalue weighted by Crippen LogP contribution is 2.28. The molecule has 39 heavy (non-hydrogen) atoms. The van der Waals surface area contributed by atoms with Crippen LogP contribution in [-0.4, -0.2) is 20.4 Å². The lowest BCUT2D eigenvalue weighted by molar-refractivity contribution is -0.106. The number of allylic oxidation sites excluding steroid dienone is 12. The van der Waals surface area contributed by atoms with Crippen molar-refractivity contribution in [2.75, 3.05) is 14.1 Å². The molecule has 1 N–H and O–H groups in total. The van der Waals surface area contributed by atoms with Crippen molar-refractivity contribution in [1.82, 2.24) is 5.32 Å². The van der Waals surface area contributed by atoms with Gasteiger partial charge in [0.2, 0.25) is 0 Å². The zero-order valence-electron chi connectivity index (χ0n) is 26.5. The number of halogens is 2. The van der Waals surface area contributed by atoms with Crippen LogP contribution in [0.15, 0.2) is 109 Å². The Labute approximate surface area is 240 Å². The van der Waals surface area contributed by atoms with E-state index in [-0.39, 0.29) is 11.1 Å². The Kier molecular flexibility index (Phi) is 31.2. The molecule has 0 aliphatic carbocycles. The van der Waals surface area contributed by atoms with E-state index in [1.54, 1.807) is 6.08 Å². The van der Waals surface area contributed by atoms with E-state index in [1.165, 1.54) is 31.9 Å². The molecule has 0 bridgehead atoms. The quantitative estimate of drug-likeness (QED) is 0.174. The van der Waals surface area contributed by atoms with Crippen LogP contribution in [-0.2, 0) is 4.79 Å². The van der Waals surface area contributed by atoms with E-state index in [4.69, 9.17) is 4.79 Å². The van der Waals surface area contributed by atoms with E-state index < -0.39 is 11.7 Å². The summed E-state index contributed by atoms with van der Waals surface area (Å²) in [5.41, 5.74) is 2.27. The zero-order valence-corrected chi connectivity index (χ0v) is 26.5. The zero-order chi connectivity index (χ0) is 31.6. The van der Waals surface area contributed by atoms with Crippen LogP contribution in [0.25, 0.3) is 0 Å². The highest BCUT2D eigenvalue weighted by atomic mass is 19.1. The summed E-state index contributed by atoms with van der Waals surface area (Å²) < 4.78 is 28.7. The van der Waals surface area contributed by atoms with Crippen LogP contribution in [0, 0.1) is 11.8 Å². The molecule has 0 amide bonds. The van der Waals surface area contributed by atoms with Crippen molar-refractivity contribution in [3.05, 3.63) is 109 Å². The lowest BCUT2D eigenvalue weighted by Crippen LogP contribution is -2.00. The molecule has 0 saturated carbocycles. The summed E-state index contributed by atoms with van der Waals surface area (Å²) in [6.45, 7) is 36.9. The molecule has 0 aromatic heterocycles. The second-order valence-corrected chi connectivity index (χ2v) is 9.35. The molecule has 0 spiro atoms. The summed E-state index contributed by atoms with van der Waals surface area (Å²) in [6.07, 6.45) is 12.1. The molecule has 2 atom stereocenters. The minimum Gasteiger partial charge on any atom is -0.323 e. The SMILES string of the molecule is C=C(/C=C(/F)C(=C)C(=C)/C(F)=C\C(=C)C(=C)/C=C\C(=C)C(C)CCC(C)CC)CC.CC=O.CCC.CNC. The summed E-state index contributed by atoms with van der Waals surface area (Å²) in [5.74, 6) is -0.289. The molecule has 0 aromatic carbocycles. The van der Waals surface area contributed by atoms with Gasteiger partial charge in [0.1, 0.15) is 17.9 Å². The molecule has 0 aromatic rings. The third-order valence-corrected chi connectivity index (χ3v) is 5.36. The smallest absolute Gasteiger partial charge is 0.131 e. The van der Waals surface area contributed by atoms with Gasteiger partial charge in [0.05, 0.1) is 0 Å². The number of hydrogen-bond donors (Lipinski definition) is 1. The number of rotatable bonds is 14. The lowest BCUT2D eigenvalue weighted by atomic mass is 9.91. The van der Waals surface area contributed by atoms with Gasteiger partial charge in [-0.2, -0.15) is 0 Å². The fraction of sp³-hybridized carbons (Fsp3) is 0.457. The van der Waals surface area contributed by atoms with E-state index in [9.17, 15) is 8.78 Å². The largest absolute Gasteiger partial charge is 0.323 e. The van der Waals surface area contributed by atoms with Gasteiger partial charge >= 0.3 is 0 Å². The van der Waals surface area contributed by atoms with Crippen molar-refractivity contribution in [3.8, 4) is 0 Å². The Morgan fingerprint density at radius 3 is 1.59 bits per heavy atom. The number of aldehydes is 1. The van der Waals surface area contributed by atoms with Crippen LogP contribution >= 0.6 is 0 Å². The van der Waals surface area contributed by atoms with E-state index in [1.807, 2.05) is 27.1 Å². The van der Waals surface area contributed by atoms with Gasteiger partial charge in [0.15, 0.2) is 0 Å².